The molecule has 0 aliphatic heterocycles. The van der Waals surface area contributed by atoms with E-state index < -0.39 is 29.3 Å². The molecular formula is C15H12N2O6S2. The third-order valence-electron chi connectivity index (χ3n) is 2.77. The lowest BCUT2D eigenvalue weighted by atomic mass is 10.3. The quantitative estimate of drug-likeness (QED) is 0.339. The highest BCUT2D eigenvalue weighted by molar-refractivity contribution is 8.00. The summed E-state index contributed by atoms with van der Waals surface area (Å²) < 4.78 is 4.78. The van der Waals surface area contributed by atoms with Crippen molar-refractivity contribution in [2.75, 3.05) is 12.4 Å². The minimum atomic E-state index is -0.716. The van der Waals surface area contributed by atoms with Gasteiger partial charge in [0.2, 0.25) is 0 Å². The fourth-order valence-electron chi connectivity index (χ4n) is 1.63. The van der Waals surface area contributed by atoms with Gasteiger partial charge in [-0.1, -0.05) is 6.07 Å². The van der Waals surface area contributed by atoms with Gasteiger partial charge in [0, 0.05) is 17.0 Å². The van der Waals surface area contributed by atoms with E-state index in [1.807, 2.05) is 0 Å². The van der Waals surface area contributed by atoms with Gasteiger partial charge >= 0.3 is 5.97 Å². The number of nitro groups is 1. The van der Waals surface area contributed by atoms with Crippen molar-refractivity contribution in [3.8, 4) is 0 Å². The van der Waals surface area contributed by atoms with Crippen LogP contribution in [0.25, 0.3) is 0 Å². The molecule has 2 aromatic rings. The van der Waals surface area contributed by atoms with Crippen LogP contribution in [0.4, 0.5) is 5.69 Å². The summed E-state index contributed by atoms with van der Waals surface area (Å²) in [6.07, 6.45) is 0. The summed E-state index contributed by atoms with van der Waals surface area (Å²) in [5.74, 6) is -1.96. The molecule has 0 bridgehead atoms. The molecular weight excluding hydrogens is 368 g/mol. The first kappa shape index (κ1) is 18.6. The van der Waals surface area contributed by atoms with Crippen LogP contribution in [0.3, 0.4) is 0 Å². The van der Waals surface area contributed by atoms with Crippen LogP contribution in [0.15, 0.2) is 46.7 Å². The zero-order chi connectivity index (χ0) is 18.2. The minimum absolute atomic E-state index is 0.0426. The molecule has 1 heterocycles. The lowest BCUT2D eigenvalue weighted by molar-refractivity contribution is -0.384. The Balaban J connectivity index is 1.70. The number of non-ortho nitro benzene ring substituents is 1. The Morgan fingerprint density at radius 3 is 2.52 bits per heavy atom. The van der Waals surface area contributed by atoms with Crippen LogP contribution in [-0.4, -0.2) is 35.1 Å². The average Bonchev–Trinajstić information content (AvgIpc) is 3.13. The molecule has 8 nitrogen and oxygen atoms in total. The molecule has 0 aliphatic carbocycles. The summed E-state index contributed by atoms with van der Waals surface area (Å²) in [4.78, 5) is 45.8. The van der Waals surface area contributed by atoms with Gasteiger partial charge in [-0.15, -0.1) is 23.1 Å². The fraction of sp³-hybridized carbons (Fsp3) is 0.133. The van der Waals surface area contributed by atoms with E-state index in [0.717, 1.165) is 11.8 Å². The maximum absolute atomic E-state index is 11.6. The molecule has 2 amide bonds. The van der Waals surface area contributed by atoms with E-state index in [-0.39, 0.29) is 11.4 Å². The number of imide groups is 1. The maximum atomic E-state index is 11.6. The fourth-order valence-corrected chi connectivity index (χ4v) is 2.94. The van der Waals surface area contributed by atoms with Gasteiger partial charge < -0.3 is 4.74 Å². The summed E-state index contributed by atoms with van der Waals surface area (Å²) in [6.45, 7) is -0.559. The number of benzene rings is 1. The monoisotopic (exact) mass is 380 g/mol. The summed E-state index contributed by atoms with van der Waals surface area (Å²) in [5, 5.41) is 14.4. The zero-order valence-electron chi connectivity index (χ0n) is 12.7. The summed E-state index contributed by atoms with van der Waals surface area (Å²) >= 11 is 2.31. The van der Waals surface area contributed by atoms with E-state index in [4.69, 9.17) is 4.74 Å². The number of nitrogens with one attached hydrogen (secondary N) is 1. The molecule has 1 aromatic heterocycles. The number of esters is 1. The summed E-state index contributed by atoms with van der Waals surface area (Å²) in [6, 6.07) is 8.94. The van der Waals surface area contributed by atoms with E-state index in [0.29, 0.717) is 9.77 Å². The van der Waals surface area contributed by atoms with Gasteiger partial charge in [-0.2, -0.15) is 0 Å². The van der Waals surface area contributed by atoms with Gasteiger partial charge in [-0.05, 0) is 23.6 Å². The molecule has 0 unspecified atom stereocenters. The van der Waals surface area contributed by atoms with Gasteiger partial charge in [0.1, 0.15) is 0 Å². The third kappa shape index (κ3) is 6.01. The predicted octanol–water partition coefficient (Wildman–Crippen LogP) is 2.25. The standard InChI is InChI=1S/C15H12N2O6S2/c18-13(16-15(20)12-2-1-7-24-12)8-23-14(19)9-25-11-5-3-10(4-6-11)17(21)22/h1-7H,8-9H2,(H,16,18,20). The number of nitro benzene ring substituents is 1. The minimum Gasteiger partial charge on any atom is -0.455 e. The van der Waals surface area contributed by atoms with Crippen LogP contribution in [0, 0.1) is 10.1 Å². The van der Waals surface area contributed by atoms with Crippen LogP contribution < -0.4 is 5.32 Å². The Morgan fingerprint density at radius 1 is 1.20 bits per heavy atom. The van der Waals surface area contributed by atoms with Gasteiger partial charge in [0.15, 0.2) is 6.61 Å². The normalized spacial score (nSPS) is 10.1. The van der Waals surface area contributed by atoms with Crippen molar-refractivity contribution < 1.29 is 24.0 Å². The molecule has 2 rings (SSSR count). The van der Waals surface area contributed by atoms with E-state index in [1.54, 1.807) is 17.5 Å². The number of ether oxygens (including phenoxy) is 1. The summed E-state index contributed by atoms with van der Waals surface area (Å²) in [5.41, 5.74) is -0.0426. The smallest absolute Gasteiger partial charge is 0.316 e. The van der Waals surface area contributed by atoms with Gasteiger partial charge in [-0.25, -0.2) is 0 Å². The van der Waals surface area contributed by atoms with E-state index in [2.05, 4.69) is 5.32 Å². The number of nitrogens with zero attached hydrogens (tertiary/aromatic N) is 1. The number of amides is 2. The van der Waals surface area contributed by atoms with Crippen LogP contribution in [0.5, 0.6) is 0 Å². The number of thioether (sulfide) groups is 1. The molecule has 0 saturated heterocycles. The Bertz CT molecular complexity index is 774. The Hall–Kier alpha value is -2.72. The number of rotatable bonds is 7. The second-order valence-corrected chi connectivity index (χ2v) is 6.55. The molecule has 1 N–H and O–H groups in total. The van der Waals surface area contributed by atoms with E-state index in [9.17, 15) is 24.5 Å². The molecule has 0 spiro atoms. The largest absolute Gasteiger partial charge is 0.455 e. The van der Waals surface area contributed by atoms with Crippen molar-refractivity contribution in [2.24, 2.45) is 0 Å². The second-order valence-electron chi connectivity index (χ2n) is 4.55. The van der Waals surface area contributed by atoms with Crippen molar-refractivity contribution in [2.45, 2.75) is 4.90 Å². The number of carbonyl (C=O) groups excluding carboxylic acids is 3. The molecule has 0 atom stereocenters. The highest BCUT2D eigenvalue weighted by atomic mass is 32.2. The van der Waals surface area contributed by atoms with Crippen molar-refractivity contribution in [1.29, 1.82) is 0 Å². The van der Waals surface area contributed by atoms with Gasteiger partial charge in [0.05, 0.1) is 15.6 Å². The first-order valence-electron chi connectivity index (χ1n) is 6.86. The van der Waals surface area contributed by atoms with Crippen LogP contribution in [0.1, 0.15) is 9.67 Å². The molecule has 0 saturated carbocycles. The second kappa shape index (κ2) is 8.94. The van der Waals surface area contributed by atoms with Crippen LogP contribution in [-0.2, 0) is 14.3 Å². The van der Waals surface area contributed by atoms with Crippen LogP contribution >= 0.6 is 23.1 Å². The third-order valence-corrected chi connectivity index (χ3v) is 4.62. The number of thiophene rings is 1. The predicted molar refractivity (Wildman–Crippen MR) is 91.6 cm³/mol. The Kier molecular flexibility index (Phi) is 6.66. The Morgan fingerprint density at radius 2 is 1.92 bits per heavy atom. The number of hydrogen-bond donors (Lipinski definition) is 1. The first-order chi connectivity index (χ1) is 12.0. The maximum Gasteiger partial charge on any atom is 0.316 e. The SMILES string of the molecule is O=C(COC(=O)CSc1ccc([N+](=O)[O-])cc1)NC(=O)c1cccs1. The average molecular weight is 380 g/mol. The van der Waals surface area contributed by atoms with Gasteiger partial charge in [0.25, 0.3) is 17.5 Å². The van der Waals surface area contributed by atoms with Crippen molar-refractivity contribution in [3.63, 3.8) is 0 Å². The van der Waals surface area contributed by atoms with E-state index in [1.165, 1.54) is 35.6 Å². The topological polar surface area (TPSA) is 116 Å². The summed E-state index contributed by atoms with van der Waals surface area (Å²) in [7, 11) is 0. The molecule has 25 heavy (non-hydrogen) atoms. The first-order valence-corrected chi connectivity index (χ1v) is 8.73. The molecule has 0 aliphatic rings. The lowest BCUT2D eigenvalue weighted by Crippen LogP contribution is -2.33. The highest BCUT2D eigenvalue weighted by Crippen LogP contribution is 2.21. The molecule has 0 fully saturated rings. The molecule has 0 radical (unpaired) electrons. The van der Waals surface area contributed by atoms with Gasteiger partial charge in [-0.3, -0.25) is 29.8 Å². The number of hydrogen-bond acceptors (Lipinski definition) is 8. The van der Waals surface area contributed by atoms with Crippen molar-refractivity contribution >= 4 is 46.6 Å². The van der Waals surface area contributed by atoms with Crippen molar-refractivity contribution in [1.82, 2.24) is 5.32 Å². The Labute approximate surface area is 150 Å². The van der Waals surface area contributed by atoms with E-state index >= 15 is 0 Å². The molecule has 130 valence electrons. The zero-order valence-corrected chi connectivity index (χ0v) is 14.3. The van der Waals surface area contributed by atoms with Crippen molar-refractivity contribution in [3.05, 3.63) is 56.8 Å². The van der Waals surface area contributed by atoms with Crippen LogP contribution in [0.2, 0.25) is 0 Å². The molecule has 1 aromatic carbocycles. The highest BCUT2D eigenvalue weighted by Gasteiger charge is 2.13. The molecule has 10 heteroatoms. The number of carbonyl (C=O) groups is 3. The lowest BCUT2D eigenvalue weighted by Gasteiger charge is -2.05.